The van der Waals surface area contributed by atoms with E-state index in [9.17, 15) is 13.2 Å². The molecule has 3 aliphatic heterocycles. The van der Waals surface area contributed by atoms with E-state index in [1.165, 1.54) is 0 Å². The lowest BCUT2D eigenvalue weighted by atomic mass is 9.97. The van der Waals surface area contributed by atoms with Gasteiger partial charge in [0.15, 0.2) is 17.3 Å². The SMILES string of the molecule is O=C(Oc1ccc2c(c1)OCO2)[C@H]1CCCN(C2=NS(=O)(=O)c3ccccc32)C1. The number of nitrogens with zero attached hydrogens (tertiary/aromatic N) is 2. The molecule has 1 saturated heterocycles. The summed E-state index contributed by atoms with van der Waals surface area (Å²) in [6.45, 7) is 1.14. The zero-order chi connectivity index (χ0) is 20.0. The molecule has 1 fully saturated rings. The van der Waals surface area contributed by atoms with Crippen LogP contribution in [0.1, 0.15) is 18.4 Å². The van der Waals surface area contributed by atoms with Crippen molar-refractivity contribution in [1.29, 1.82) is 0 Å². The number of sulfonamides is 1. The van der Waals surface area contributed by atoms with Crippen molar-refractivity contribution in [3.8, 4) is 17.2 Å². The number of benzene rings is 2. The third-order valence-electron chi connectivity index (χ3n) is 5.23. The first-order valence-electron chi connectivity index (χ1n) is 9.32. The maximum Gasteiger partial charge on any atom is 0.316 e. The van der Waals surface area contributed by atoms with Crippen LogP contribution in [0, 0.1) is 5.92 Å². The lowest BCUT2D eigenvalue weighted by Crippen LogP contribution is -2.43. The smallest absolute Gasteiger partial charge is 0.316 e. The molecule has 0 amide bonds. The summed E-state index contributed by atoms with van der Waals surface area (Å²) in [5, 5.41) is 0. The van der Waals surface area contributed by atoms with Crippen LogP contribution < -0.4 is 14.2 Å². The van der Waals surface area contributed by atoms with Gasteiger partial charge in [-0.1, -0.05) is 12.1 Å². The third-order valence-corrected chi connectivity index (χ3v) is 6.55. The topological polar surface area (TPSA) is 94.5 Å². The second kappa shape index (κ2) is 6.77. The van der Waals surface area contributed by atoms with Crippen LogP contribution >= 0.6 is 0 Å². The van der Waals surface area contributed by atoms with Gasteiger partial charge in [0.2, 0.25) is 6.79 Å². The third kappa shape index (κ3) is 3.21. The molecule has 0 aliphatic carbocycles. The van der Waals surface area contributed by atoms with Gasteiger partial charge in [-0.3, -0.25) is 4.79 Å². The van der Waals surface area contributed by atoms with Crippen molar-refractivity contribution in [1.82, 2.24) is 4.90 Å². The van der Waals surface area contributed by atoms with E-state index in [1.54, 1.807) is 42.5 Å². The van der Waals surface area contributed by atoms with Gasteiger partial charge in [0.1, 0.15) is 10.6 Å². The largest absolute Gasteiger partial charge is 0.454 e. The summed E-state index contributed by atoms with van der Waals surface area (Å²) in [5.41, 5.74) is 0.581. The number of hydrogen-bond acceptors (Lipinski definition) is 7. The molecule has 150 valence electrons. The Morgan fingerprint density at radius 3 is 2.86 bits per heavy atom. The van der Waals surface area contributed by atoms with E-state index < -0.39 is 10.0 Å². The van der Waals surface area contributed by atoms with E-state index in [2.05, 4.69) is 4.40 Å². The maximum atomic E-state index is 12.7. The Hall–Kier alpha value is -3.07. The Kier molecular flexibility index (Phi) is 4.20. The monoisotopic (exact) mass is 414 g/mol. The molecule has 0 radical (unpaired) electrons. The molecule has 0 saturated carbocycles. The van der Waals surface area contributed by atoms with Crippen LogP contribution in [-0.2, 0) is 14.8 Å². The average Bonchev–Trinajstić information content (AvgIpc) is 3.30. The number of likely N-dealkylation sites (tertiary alicyclic amines) is 1. The van der Waals surface area contributed by atoms with Gasteiger partial charge in [-0.15, -0.1) is 4.40 Å². The van der Waals surface area contributed by atoms with Crippen LogP contribution in [0.3, 0.4) is 0 Å². The Morgan fingerprint density at radius 1 is 1.14 bits per heavy atom. The number of carbonyl (C=O) groups is 1. The van der Waals surface area contributed by atoms with E-state index in [-0.39, 0.29) is 23.6 Å². The molecule has 0 N–H and O–H groups in total. The number of carbonyl (C=O) groups excluding carboxylic acids is 1. The van der Waals surface area contributed by atoms with Crippen LogP contribution in [0.4, 0.5) is 0 Å². The number of rotatable bonds is 2. The summed E-state index contributed by atoms with van der Waals surface area (Å²) in [6, 6.07) is 11.7. The van der Waals surface area contributed by atoms with Crippen LogP contribution in [0.5, 0.6) is 17.2 Å². The standard InChI is InChI=1S/C20H18N2O6S/c23-20(28-14-7-8-16-17(10-14)27-12-26-16)13-4-3-9-22(11-13)19-15-5-1-2-6-18(15)29(24,25)21-19/h1-2,5-8,10,13H,3-4,9,11-12H2/t13-/m0/s1. The van der Waals surface area contributed by atoms with Crippen molar-refractivity contribution < 1.29 is 27.4 Å². The fourth-order valence-electron chi connectivity index (χ4n) is 3.82. The fourth-order valence-corrected chi connectivity index (χ4v) is 5.05. The molecule has 5 rings (SSSR count). The molecule has 9 heteroatoms. The summed E-state index contributed by atoms with van der Waals surface area (Å²) >= 11 is 0. The number of hydrogen-bond donors (Lipinski definition) is 0. The number of esters is 1. The molecular weight excluding hydrogens is 396 g/mol. The van der Waals surface area contributed by atoms with Crippen LogP contribution in [0.15, 0.2) is 51.8 Å². The van der Waals surface area contributed by atoms with E-state index >= 15 is 0 Å². The highest BCUT2D eigenvalue weighted by Crippen LogP contribution is 2.36. The number of amidine groups is 1. The predicted molar refractivity (Wildman–Crippen MR) is 103 cm³/mol. The van der Waals surface area contributed by atoms with Crippen molar-refractivity contribution in [3.05, 3.63) is 48.0 Å². The Balaban J connectivity index is 1.33. The minimum absolute atomic E-state index is 0.150. The zero-order valence-electron chi connectivity index (χ0n) is 15.4. The molecule has 2 aromatic rings. The van der Waals surface area contributed by atoms with Crippen LogP contribution in [-0.4, -0.2) is 45.0 Å². The first-order valence-corrected chi connectivity index (χ1v) is 10.8. The molecule has 0 aromatic heterocycles. The quantitative estimate of drug-likeness (QED) is 0.549. The molecule has 29 heavy (non-hydrogen) atoms. The van der Waals surface area contributed by atoms with Crippen molar-refractivity contribution in [2.24, 2.45) is 10.3 Å². The van der Waals surface area contributed by atoms with Crippen LogP contribution in [0.25, 0.3) is 0 Å². The van der Waals surface area contributed by atoms with E-state index in [4.69, 9.17) is 14.2 Å². The molecule has 0 spiro atoms. The maximum absolute atomic E-state index is 12.7. The van der Waals surface area contributed by atoms with Gasteiger partial charge in [0.05, 0.1) is 5.92 Å². The van der Waals surface area contributed by atoms with Gasteiger partial charge in [-0.25, -0.2) is 0 Å². The first kappa shape index (κ1) is 18.0. The second-order valence-electron chi connectivity index (χ2n) is 7.11. The fraction of sp³-hybridized carbons (Fsp3) is 0.300. The average molecular weight is 414 g/mol. The second-order valence-corrected chi connectivity index (χ2v) is 8.68. The molecule has 0 unspecified atom stereocenters. The molecule has 3 aliphatic rings. The van der Waals surface area contributed by atoms with Gasteiger partial charge < -0.3 is 19.1 Å². The van der Waals surface area contributed by atoms with E-state index in [0.717, 1.165) is 6.42 Å². The summed E-state index contributed by atoms with van der Waals surface area (Å²) in [4.78, 5) is 14.8. The van der Waals surface area contributed by atoms with Crippen molar-refractivity contribution in [2.45, 2.75) is 17.7 Å². The lowest BCUT2D eigenvalue weighted by molar-refractivity contribution is -0.140. The Morgan fingerprint density at radius 2 is 1.97 bits per heavy atom. The molecule has 3 heterocycles. The highest BCUT2D eigenvalue weighted by atomic mass is 32.2. The molecule has 8 nitrogen and oxygen atoms in total. The molecule has 1 atom stereocenters. The van der Waals surface area contributed by atoms with Crippen molar-refractivity contribution >= 4 is 21.8 Å². The molecule has 2 aromatic carbocycles. The highest BCUT2D eigenvalue weighted by Gasteiger charge is 2.35. The van der Waals surface area contributed by atoms with Crippen molar-refractivity contribution in [2.75, 3.05) is 19.9 Å². The summed E-state index contributed by atoms with van der Waals surface area (Å²) in [7, 11) is -3.69. The van der Waals surface area contributed by atoms with Gasteiger partial charge in [0.25, 0.3) is 10.0 Å². The Labute approximate surface area is 167 Å². The van der Waals surface area contributed by atoms with Gasteiger partial charge in [0, 0.05) is 24.7 Å². The summed E-state index contributed by atoms with van der Waals surface area (Å²) in [5.74, 6) is 1.22. The first-order chi connectivity index (χ1) is 14.0. The Bertz CT molecular complexity index is 1130. The predicted octanol–water partition coefficient (Wildman–Crippen LogP) is 2.18. The van der Waals surface area contributed by atoms with Crippen LogP contribution in [0.2, 0.25) is 0 Å². The zero-order valence-corrected chi connectivity index (χ0v) is 16.2. The summed E-state index contributed by atoms with van der Waals surface area (Å²) in [6.07, 6.45) is 1.41. The minimum atomic E-state index is -3.69. The van der Waals surface area contributed by atoms with Gasteiger partial charge >= 0.3 is 5.97 Å². The summed E-state index contributed by atoms with van der Waals surface area (Å²) < 4.78 is 44.7. The van der Waals surface area contributed by atoms with E-state index in [1.807, 2.05) is 4.90 Å². The van der Waals surface area contributed by atoms with Gasteiger partial charge in [-0.05, 0) is 37.1 Å². The molecule has 0 bridgehead atoms. The van der Waals surface area contributed by atoms with Crippen molar-refractivity contribution in [3.63, 3.8) is 0 Å². The van der Waals surface area contributed by atoms with E-state index in [0.29, 0.717) is 48.2 Å². The minimum Gasteiger partial charge on any atom is -0.454 e. The number of fused-ring (bicyclic) bond motifs is 2. The van der Waals surface area contributed by atoms with Gasteiger partial charge in [-0.2, -0.15) is 8.42 Å². The number of ether oxygens (including phenoxy) is 3. The highest BCUT2D eigenvalue weighted by molar-refractivity contribution is 7.90. The number of piperidine rings is 1. The molecular formula is C20H18N2O6S. The normalized spacial score (nSPS) is 21.4. The lowest BCUT2D eigenvalue weighted by Gasteiger charge is -2.32.